The molecule has 4 nitrogen and oxygen atoms in total. The predicted octanol–water partition coefficient (Wildman–Crippen LogP) is 2.57. The summed E-state index contributed by atoms with van der Waals surface area (Å²) in [6, 6.07) is -0.818. The van der Waals surface area contributed by atoms with Crippen molar-refractivity contribution in [3.05, 3.63) is 0 Å². The minimum atomic E-state index is -0.973. The SMILES string of the molecule is CCCCCCC(=O)NC(C(=O)O)C(C)(C)C. The number of hydrogen-bond acceptors (Lipinski definition) is 2. The van der Waals surface area contributed by atoms with E-state index in [4.69, 9.17) is 5.11 Å². The Morgan fingerprint density at radius 1 is 1.18 bits per heavy atom. The summed E-state index contributed by atoms with van der Waals surface area (Å²) in [6.45, 7) is 7.54. The van der Waals surface area contributed by atoms with Crippen molar-refractivity contribution in [2.24, 2.45) is 5.41 Å². The predicted molar refractivity (Wildman–Crippen MR) is 67.8 cm³/mol. The Bertz CT molecular complexity index is 256. The third-order valence-electron chi connectivity index (χ3n) is 2.68. The lowest BCUT2D eigenvalue weighted by Gasteiger charge is -2.27. The van der Waals surface area contributed by atoms with E-state index < -0.39 is 17.4 Å². The molecule has 0 fully saturated rings. The molecule has 1 amide bonds. The van der Waals surface area contributed by atoms with Crippen LogP contribution in [-0.2, 0) is 9.59 Å². The van der Waals surface area contributed by atoms with E-state index in [1.165, 1.54) is 0 Å². The Balaban J connectivity index is 4.11. The first kappa shape index (κ1) is 15.9. The van der Waals surface area contributed by atoms with Crippen molar-refractivity contribution >= 4 is 11.9 Å². The molecule has 0 aromatic carbocycles. The number of unbranched alkanes of at least 4 members (excludes halogenated alkanes) is 3. The molecule has 100 valence electrons. The van der Waals surface area contributed by atoms with Gasteiger partial charge in [-0.1, -0.05) is 47.0 Å². The number of carbonyl (C=O) groups is 2. The van der Waals surface area contributed by atoms with Crippen LogP contribution in [0.5, 0.6) is 0 Å². The van der Waals surface area contributed by atoms with Crippen LogP contribution >= 0.6 is 0 Å². The number of carboxylic acids is 1. The molecule has 0 aliphatic heterocycles. The van der Waals surface area contributed by atoms with Crippen molar-refractivity contribution < 1.29 is 14.7 Å². The molecule has 0 aliphatic carbocycles. The third kappa shape index (κ3) is 6.97. The molecule has 0 aliphatic rings. The van der Waals surface area contributed by atoms with Gasteiger partial charge < -0.3 is 10.4 Å². The van der Waals surface area contributed by atoms with Gasteiger partial charge in [0, 0.05) is 6.42 Å². The van der Waals surface area contributed by atoms with Crippen LogP contribution in [0.3, 0.4) is 0 Å². The molecular weight excluding hydrogens is 218 g/mol. The quantitative estimate of drug-likeness (QED) is 0.675. The first-order valence-electron chi connectivity index (χ1n) is 6.31. The Hall–Kier alpha value is -1.06. The van der Waals surface area contributed by atoms with Crippen molar-refractivity contribution in [2.45, 2.75) is 65.8 Å². The fourth-order valence-electron chi connectivity index (χ4n) is 1.59. The van der Waals surface area contributed by atoms with E-state index in [1.807, 2.05) is 20.8 Å². The second-order valence-electron chi connectivity index (χ2n) is 5.52. The van der Waals surface area contributed by atoms with E-state index in [2.05, 4.69) is 12.2 Å². The first-order chi connectivity index (χ1) is 7.79. The topological polar surface area (TPSA) is 66.4 Å². The summed E-state index contributed by atoms with van der Waals surface area (Å²) in [4.78, 5) is 22.6. The molecule has 0 rings (SSSR count). The Kier molecular flexibility index (Phi) is 6.85. The molecule has 0 radical (unpaired) electrons. The van der Waals surface area contributed by atoms with Crippen molar-refractivity contribution in [2.75, 3.05) is 0 Å². The van der Waals surface area contributed by atoms with Gasteiger partial charge in [-0.3, -0.25) is 4.79 Å². The van der Waals surface area contributed by atoms with Crippen LogP contribution in [0.25, 0.3) is 0 Å². The van der Waals surface area contributed by atoms with Crippen LogP contribution in [0, 0.1) is 5.41 Å². The number of carbonyl (C=O) groups excluding carboxylic acids is 1. The number of aliphatic carboxylic acids is 1. The molecule has 4 heteroatoms. The van der Waals surface area contributed by atoms with Gasteiger partial charge in [-0.25, -0.2) is 4.79 Å². The lowest BCUT2D eigenvalue weighted by molar-refractivity contribution is -0.144. The molecule has 0 heterocycles. The smallest absolute Gasteiger partial charge is 0.326 e. The second kappa shape index (κ2) is 7.30. The van der Waals surface area contributed by atoms with Crippen LogP contribution in [0.4, 0.5) is 0 Å². The number of nitrogens with one attached hydrogen (secondary N) is 1. The standard InChI is InChI=1S/C13H25NO3/c1-5-6-7-8-9-10(15)14-11(12(16)17)13(2,3)4/h11H,5-9H2,1-4H3,(H,14,15)(H,16,17). The highest BCUT2D eigenvalue weighted by Gasteiger charge is 2.32. The van der Waals surface area contributed by atoms with Gasteiger partial charge in [0.05, 0.1) is 0 Å². The summed E-state index contributed by atoms with van der Waals surface area (Å²) in [5, 5.41) is 11.6. The molecule has 0 saturated heterocycles. The van der Waals surface area contributed by atoms with E-state index in [0.717, 1.165) is 25.7 Å². The summed E-state index contributed by atoms with van der Waals surface area (Å²) in [6.07, 6.45) is 4.52. The summed E-state index contributed by atoms with van der Waals surface area (Å²) in [7, 11) is 0. The zero-order chi connectivity index (χ0) is 13.5. The summed E-state index contributed by atoms with van der Waals surface area (Å²) in [5.74, 6) is -1.14. The zero-order valence-electron chi connectivity index (χ0n) is 11.4. The third-order valence-corrected chi connectivity index (χ3v) is 2.68. The van der Waals surface area contributed by atoms with Crippen molar-refractivity contribution in [3.8, 4) is 0 Å². The Labute approximate surface area is 104 Å². The molecule has 1 atom stereocenters. The number of rotatable bonds is 7. The molecule has 2 N–H and O–H groups in total. The minimum Gasteiger partial charge on any atom is -0.480 e. The van der Waals surface area contributed by atoms with Gasteiger partial charge in [-0.05, 0) is 11.8 Å². The second-order valence-corrected chi connectivity index (χ2v) is 5.52. The van der Waals surface area contributed by atoms with E-state index in [-0.39, 0.29) is 5.91 Å². The van der Waals surface area contributed by atoms with Crippen LogP contribution in [-0.4, -0.2) is 23.0 Å². The first-order valence-corrected chi connectivity index (χ1v) is 6.31. The maximum Gasteiger partial charge on any atom is 0.326 e. The lowest BCUT2D eigenvalue weighted by Crippen LogP contribution is -2.49. The molecule has 0 saturated carbocycles. The highest BCUT2D eigenvalue weighted by Crippen LogP contribution is 2.19. The van der Waals surface area contributed by atoms with Crippen molar-refractivity contribution in [1.82, 2.24) is 5.32 Å². The zero-order valence-corrected chi connectivity index (χ0v) is 11.4. The van der Waals surface area contributed by atoms with E-state index in [0.29, 0.717) is 6.42 Å². The summed E-state index contributed by atoms with van der Waals surface area (Å²) >= 11 is 0. The van der Waals surface area contributed by atoms with E-state index in [1.54, 1.807) is 0 Å². The van der Waals surface area contributed by atoms with Crippen molar-refractivity contribution in [1.29, 1.82) is 0 Å². The maximum absolute atomic E-state index is 11.6. The van der Waals surface area contributed by atoms with Gasteiger partial charge in [0.2, 0.25) is 5.91 Å². The van der Waals surface area contributed by atoms with Gasteiger partial charge in [0.15, 0.2) is 0 Å². The Morgan fingerprint density at radius 2 is 1.76 bits per heavy atom. The number of carboxylic acid groups (broad SMARTS) is 1. The molecular formula is C13H25NO3. The van der Waals surface area contributed by atoms with Gasteiger partial charge in [-0.15, -0.1) is 0 Å². The average molecular weight is 243 g/mol. The van der Waals surface area contributed by atoms with Gasteiger partial charge in [0.25, 0.3) is 0 Å². The van der Waals surface area contributed by atoms with E-state index >= 15 is 0 Å². The summed E-state index contributed by atoms with van der Waals surface area (Å²) in [5.41, 5.74) is -0.467. The molecule has 0 spiro atoms. The molecule has 1 unspecified atom stereocenters. The fourth-order valence-corrected chi connectivity index (χ4v) is 1.59. The van der Waals surface area contributed by atoms with Crippen LogP contribution < -0.4 is 5.32 Å². The lowest BCUT2D eigenvalue weighted by atomic mass is 9.86. The minimum absolute atomic E-state index is 0.163. The Morgan fingerprint density at radius 3 is 2.18 bits per heavy atom. The maximum atomic E-state index is 11.6. The molecule has 17 heavy (non-hydrogen) atoms. The molecule has 0 aromatic rings. The molecule has 0 bridgehead atoms. The fraction of sp³-hybridized carbons (Fsp3) is 0.846. The van der Waals surface area contributed by atoms with E-state index in [9.17, 15) is 9.59 Å². The van der Waals surface area contributed by atoms with Crippen molar-refractivity contribution in [3.63, 3.8) is 0 Å². The van der Waals surface area contributed by atoms with Gasteiger partial charge in [0.1, 0.15) is 6.04 Å². The monoisotopic (exact) mass is 243 g/mol. The largest absolute Gasteiger partial charge is 0.480 e. The van der Waals surface area contributed by atoms with Crippen LogP contribution in [0.2, 0.25) is 0 Å². The van der Waals surface area contributed by atoms with Gasteiger partial charge >= 0.3 is 5.97 Å². The summed E-state index contributed by atoms with van der Waals surface area (Å²) < 4.78 is 0. The number of hydrogen-bond donors (Lipinski definition) is 2. The highest BCUT2D eigenvalue weighted by atomic mass is 16.4. The molecule has 0 aromatic heterocycles. The average Bonchev–Trinajstić information content (AvgIpc) is 2.19. The highest BCUT2D eigenvalue weighted by molar-refractivity contribution is 5.84. The normalized spacial score (nSPS) is 13.2. The van der Waals surface area contributed by atoms with Crippen LogP contribution in [0.1, 0.15) is 59.8 Å². The number of amides is 1. The van der Waals surface area contributed by atoms with Gasteiger partial charge in [-0.2, -0.15) is 0 Å². The van der Waals surface area contributed by atoms with Crippen LogP contribution in [0.15, 0.2) is 0 Å².